The standard InChI is InChI=1S/C25H27F3N2O2/c1-23(2,3)19-12-15(13-20(21(19)31)24(4,5)6)11-16(14-29)22(32)30-18-9-7-17(8-10-18)25(26,27)28/h7-13,31H,1-6H3,(H,30,32)/b16-11+. The van der Waals surface area contributed by atoms with Crippen molar-refractivity contribution in [2.24, 2.45) is 0 Å². The molecule has 0 aromatic heterocycles. The topological polar surface area (TPSA) is 73.1 Å². The summed E-state index contributed by atoms with van der Waals surface area (Å²) in [5, 5.41) is 22.8. The summed E-state index contributed by atoms with van der Waals surface area (Å²) in [6.45, 7) is 11.7. The summed E-state index contributed by atoms with van der Waals surface area (Å²) >= 11 is 0. The second-order valence-electron chi connectivity index (χ2n) is 9.66. The Balaban J connectivity index is 2.44. The van der Waals surface area contributed by atoms with E-state index in [1.807, 2.05) is 47.6 Å². The van der Waals surface area contributed by atoms with E-state index in [4.69, 9.17) is 0 Å². The van der Waals surface area contributed by atoms with E-state index < -0.39 is 17.6 Å². The van der Waals surface area contributed by atoms with E-state index in [-0.39, 0.29) is 27.8 Å². The minimum atomic E-state index is -4.48. The molecule has 7 heteroatoms. The average molecular weight is 444 g/mol. The van der Waals surface area contributed by atoms with Crippen LogP contribution < -0.4 is 5.32 Å². The van der Waals surface area contributed by atoms with Gasteiger partial charge in [-0.3, -0.25) is 4.79 Å². The fourth-order valence-electron chi connectivity index (χ4n) is 3.14. The zero-order chi connectivity index (χ0) is 24.5. The lowest BCUT2D eigenvalue weighted by Gasteiger charge is -2.28. The molecule has 0 aliphatic rings. The molecule has 0 heterocycles. The van der Waals surface area contributed by atoms with Crippen LogP contribution >= 0.6 is 0 Å². The van der Waals surface area contributed by atoms with Crippen LogP contribution in [0.15, 0.2) is 42.0 Å². The number of alkyl halides is 3. The van der Waals surface area contributed by atoms with Crippen molar-refractivity contribution in [2.75, 3.05) is 5.32 Å². The number of phenols is 1. The van der Waals surface area contributed by atoms with Crippen molar-refractivity contribution in [3.05, 3.63) is 64.2 Å². The average Bonchev–Trinajstić information content (AvgIpc) is 2.64. The molecule has 0 spiro atoms. The first-order valence-corrected chi connectivity index (χ1v) is 10.0. The maximum absolute atomic E-state index is 12.7. The summed E-state index contributed by atoms with van der Waals surface area (Å²) in [5.74, 6) is -0.565. The second-order valence-corrected chi connectivity index (χ2v) is 9.66. The summed E-state index contributed by atoms with van der Waals surface area (Å²) in [7, 11) is 0. The molecule has 0 atom stereocenters. The third kappa shape index (κ3) is 5.91. The smallest absolute Gasteiger partial charge is 0.416 e. The number of rotatable bonds is 3. The number of phenolic OH excluding ortho intramolecular Hbond substituents is 1. The van der Waals surface area contributed by atoms with Gasteiger partial charge < -0.3 is 10.4 Å². The fraction of sp³-hybridized carbons (Fsp3) is 0.360. The van der Waals surface area contributed by atoms with Gasteiger partial charge in [-0.15, -0.1) is 0 Å². The Labute approximate surface area is 186 Å². The van der Waals surface area contributed by atoms with E-state index >= 15 is 0 Å². The highest BCUT2D eigenvalue weighted by Crippen LogP contribution is 2.40. The molecule has 0 aliphatic heterocycles. The van der Waals surface area contributed by atoms with Crippen molar-refractivity contribution >= 4 is 17.7 Å². The van der Waals surface area contributed by atoms with Crippen LogP contribution in [-0.2, 0) is 21.8 Å². The zero-order valence-corrected chi connectivity index (χ0v) is 19.0. The van der Waals surface area contributed by atoms with Gasteiger partial charge in [0.1, 0.15) is 17.4 Å². The molecule has 0 unspecified atom stereocenters. The molecular formula is C25H27F3N2O2. The van der Waals surface area contributed by atoms with Crippen LogP contribution in [0.2, 0.25) is 0 Å². The summed E-state index contributed by atoms with van der Waals surface area (Å²) in [6, 6.07) is 9.28. The number of carbonyl (C=O) groups excluding carboxylic acids is 1. The number of anilines is 1. The predicted octanol–water partition coefficient (Wildman–Crippen LogP) is 6.55. The minimum absolute atomic E-state index is 0.139. The Morgan fingerprint density at radius 3 is 1.81 bits per heavy atom. The van der Waals surface area contributed by atoms with Gasteiger partial charge in [-0.1, -0.05) is 41.5 Å². The molecule has 170 valence electrons. The number of nitriles is 1. The van der Waals surface area contributed by atoms with E-state index in [0.29, 0.717) is 16.7 Å². The fourth-order valence-corrected chi connectivity index (χ4v) is 3.14. The Kier molecular flexibility index (Phi) is 6.79. The van der Waals surface area contributed by atoms with E-state index in [9.17, 15) is 28.3 Å². The normalized spacial score (nSPS) is 12.9. The molecule has 4 nitrogen and oxygen atoms in total. The number of halogens is 3. The van der Waals surface area contributed by atoms with Gasteiger partial charge >= 0.3 is 6.18 Å². The van der Waals surface area contributed by atoms with Crippen molar-refractivity contribution in [1.29, 1.82) is 5.26 Å². The number of nitrogens with zero attached hydrogens (tertiary/aromatic N) is 1. The van der Waals surface area contributed by atoms with Gasteiger partial charge in [0.05, 0.1) is 5.56 Å². The summed E-state index contributed by atoms with van der Waals surface area (Å²) in [4.78, 5) is 12.6. The molecule has 1 amide bonds. The second kappa shape index (κ2) is 8.70. The van der Waals surface area contributed by atoms with Crippen LogP contribution in [0.4, 0.5) is 18.9 Å². The van der Waals surface area contributed by atoms with E-state index in [2.05, 4.69) is 5.32 Å². The summed E-state index contributed by atoms with van der Waals surface area (Å²) < 4.78 is 38.1. The van der Waals surface area contributed by atoms with E-state index in [1.54, 1.807) is 12.1 Å². The van der Waals surface area contributed by atoms with Crippen molar-refractivity contribution in [2.45, 2.75) is 58.5 Å². The van der Waals surface area contributed by atoms with Crippen molar-refractivity contribution < 1.29 is 23.1 Å². The third-order valence-corrected chi connectivity index (χ3v) is 4.89. The molecular weight excluding hydrogens is 417 g/mol. The monoisotopic (exact) mass is 444 g/mol. The van der Waals surface area contributed by atoms with Crippen molar-refractivity contribution in [1.82, 2.24) is 0 Å². The maximum Gasteiger partial charge on any atom is 0.416 e. The Morgan fingerprint density at radius 2 is 1.44 bits per heavy atom. The first-order valence-electron chi connectivity index (χ1n) is 10.0. The van der Waals surface area contributed by atoms with Gasteiger partial charge in [0.25, 0.3) is 5.91 Å². The molecule has 2 aromatic rings. The highest BCUT2D eigenvalue weighted by molar-refractivity contribution is 6.09. The van der Waals surface area contributed by atoms with Crippen LogP contribution in [-0.4, -0.2) is 11.0 Å². The van der Waals surface area contributed by atoms with Gasteiger partial charge in [-0.05, 0) is 58.9 Å². The molecule has 0 aliphatic carbocycles. The highest BCUT2D eigenvalue weighted by atomic mass is 19.4. The van der Waals surface area contributed by atoms with Gasteiger partial charge in [-0.25, -0.2) is 0 Å². The lowest BCUT2D eigenvalue weighted by Crippen LogP contribution is -2.18. The van der Waals surface area contributed by atoms with Crippen LogP contribution in [0.1, 0.15) is 63.8 Å². The lowest BCUT2D eigenvalue weighted by atomic mass is 9.78. The minimum Gasteiger partial charge on any atom is -0.507 e. The Hall–Kier alpha value is -3.27. The number of benzene rings is 2. The van der Waals surface area contributed by atoms with E-state index in [1.165, 1.54) is 6.08 Å². The first-order chi connectivity index (χ1) is 14.5. The van der Waals surface area contributed by atoms with Crippen molar-refractivity contribution in [3.8, 4) is 11.8 Å². The molecule has 0 saturated heterocycles. The van der Waals surface area contributed by atoms with E-state index in [0.717, 1.165) is 24.3 Å². The first kappa shape index (κ1) is 25.0. The number of hydrogen-bond acceptors (Lipinski definition) is 3. The number of carbonyl (C=O) groups is 1. The lowest BCUT2D eigenvalue weighted by molar-refractivity contribution is -0.137. The number of amides is 1. The van der Waals surface area contributed by atoms with Crippen LogP contribution in [0.25, 0.3) is 6.08 Å². The SMILES string of the molecule is CC(C)(C)c1cc(/C=C(\C#N)C(=O)Nc2ccc(C(F)(F)F)cc2)cc(C(C)(C)C)c1O. The third-order valence-electron chi connectivity index (χ3n) is 4.89. The Bertz CT molecular complexity index is 1040. The predicted molar refractivity (Wildman–Crippen MR) is 119 cm³/mol. The largest absolute Gasteiger partial charge is 0.507 e. The molecule has 0 radical (unpaired) electrons. The molecule has 32 heavy (non-hydrogen) atoms. The maximum atomic E-state index is 12.7. The van der Waals surface area contributed by atoms with Crippen LogP contribution in [0.3, 0.4) is 0 Å². The van der Waals surface area contributed by atoms with Crippen LogP contribution in [0, 0.1) is 11.3 Å². The van der Waals surface area contributed by atoms with Gasteiger partial charge in [0.2, 0.25) is 0 Å². The molecule has 2 rings (SSSR count). The number of aromatic hydroxyl groups is 1. The number of hydrogen-bond donors (Lipinski definition) is 2. The highest BCUT2D eigenvalue weighted by Gasteiger charge is 2.30. The quantitative estimate of drug-likeness (QED) is 0.416. The summed E-state index contributed by atoms with van der Waals surface area (Å²) in [6.07, 6.45) is -3.07. The summed E-state index contributed by atoms with van der Waals surface area (Å²) in [5.41, 5.74) is 0.243. The number of nitrogens with one attached hydrogen (secondary N) is 1. The molecule has 2 N–H and O–H groups in total. The van der Waals surface area contributed by atoms with Crippen LogP contribution in [0.5, 0.6) is 5.75 Å². The molecule has 0 bridgehead atoms. The molecule has 2 aromatic carbocycles. The molecule has 0 fully saturated rings. The molecule has 0 saturated carbocycles. The zero-order valence-electron chi connectivity index (χ0n) is 19.0. The van der Waals surface area contributed by atoms with Gasteiger partial charge in [0.15, 0.2) is 0 Å². The Morgan fingerprint density at radius 1 is 0.969 bits per heavy atom. The van der Waals surface area contributed by atoms with Crippen molar-refractivity contribution in [3.63, 3.8) is 0 Å². The van der Waals surface area contributed by atoms with Gasteiger partial charge in [0, 0.05) is 16.8 Å². The van der Waals surface area contributed by atoms with Gasteiger partial charge in [-0.2, -0.15) is 18.4 Å².